The van der Waals surface area contributed by atoms with Crippen LogP contribution in [0.3, 0.4) is 0 Å². The first-order valence-electron chi connectivity index (χ1n) is 7.40. The number of rotatable bonds is 7. The van der Waals surface area contributed by atoms with E-state index in [1.54, 1.807) is 0 Å². The molecule has 3 nitrogen and oxygen atoms in total. The first kappa shape index (κ1) is 13.3. The summed E-state index contributed by atoms with van der Waals surface area (Å²) in [5, 5.41) is 3.70. The molecule has 0 aromatic heterocycles. The molecule has 0 aromatic carbocycles. The summed E-state index contributed by atoms with van der Waals surface area (Å²) in [6.45, 7) is 9.99. The van der Waals surface area contributed by atoms with Gasteiger partial charge in [-0.2, -0.15) is 0 Å². The van der Waals surface area contributed by atoms with Crippen LogP contribution in [0, 0.1) is 5.92 Å². The monoisotopic (exact) mass is 240 g/mol. The lowest BCUT2D eigenvalue weighted by atomic mass is 9.95. The summed E-state index contributed by atoms with van der Waals surface area (Å²) < 4.78 is 5.67. The summed E-state index contributed by atoms with van der Waals surface area (Å²) in [5.41, 5.74) is 0. The molecule has 1 aliphatic carbocycles. The summed E-state index contributed by atoms with van der Waals surface area (Å²) in [6, 6.07) is 1.56. The van der Waals surface area contributed by atoms with E-state index in [2.05, 4.69) is 24.1 Å². The van der Waals surface area contributed by atoms with Crippen molar-refractivity contribution >= 4 is 0 Å². The van der Waals surface area contributed by atoms with Crippen LogP contribution in [-0.4, -0.2) is 49.8 Å². The molecular weight excluding hydrogens is 212 g/mol. The molecule has 0 bridgehead atoms. The van der Waals surface area contributed by atoms with Gasteiger partial charge >= 0.3 is 0 Å². The van der Waals surface area contributed by atoms with Gasteiger partial charge in [0.2, 0.25) is 0 Å². The van der Waals surface area contributed by atoms with Crippen LogP contribution in [0.15, 0.2) is 0 Å². The quantitative estimate of drug-likeness (QED) is 0.735. The van der Waals surface area contributed by atoms with E-state index in [4.69, 9.17) is 4.74 Å². The summed E-state index contributed by atoms with van der Waals surface area (Å²) in [4.78, 5) is 2.65. The number of hydrogen-bond acceptors (Lipinski definition) is 3. The van der Waals surface area contributed by atoms with Gasteiger partial charge in [0.15, 0.2) is 0 Å². The Morgan fingerprint density at radius 2 is 2.06 bits per heavy atom. The molecule has 1 N–H and O–H groups in total. The van der Waals surface area contributed by atoms with E-state index in [0.29, 0.717) is 12.0 Å². The van der Waals surface area contributed by atoms with Crippen LogP contribution in [-0.2, 0) is 4.74 Å². The van der Waals surface area contributed by atoms with Gasteiger partial charge in [0.25, 0.3) is 0 Å². The zero-order chi connectivity index (χ0) is 12.1. The highest BCUT2D eigenvalue weighted by Gasteiger charge is 2.32. The third-order valence-electron chi connectivity index (χ3n) is 4.07. The predicted octanol–water partition coefficient (Wildman–Crippen LogP) is 1.88. The van der Waals surface area contributed by atoms with Gasteiger partial charge in [-0.1, -0.05) is 13.8 Å². The van der Waals surface area contributed by atoms with Crippen LogP contribution in [0.25, 0.3) is 0 Å². The van der Waals surface area contributed by atoms with Crippen molar-refractivity contribution in [2.24, 2.45) is 5.92 Å². The maximum Gasteiger partial charge on any atom is 0.0521 e. The molecular formula is C14H28N2O. The van der Waals surface area contributed by atoms with Crippen molar-refractivity contribution < 1.29 is 4.74 Å². The highest BCUT2D eigenvalue weighted by molar-refractivity contribution is 4.88. The molecule has 3 heteroatoms. The molecule has 2 fully saturated rings. The van der Waals surface area contributed by atoms with Crippen LogP contribution in [0.1, 0.15) is 39.5 Å². The Morgan fingerprint density at radius 3 is 2.71 bits per heavy atom. The molecule has 2 atom stereocenters. The van der Waals surface area contributed by atoms with Crippen LogP contribution in [0.2, 0.25) is 0 Å². The Morgan fingerprint density at radius 1 is 1.24 bits per heavy atom. The van der Waals surface area contributed by atoms with Crippen LogP contribution in [0.5, 0.6) is 0 Å². The van der Waals surface area contributed by atoms with E-state index in [1.165, 1.54) is 38.8 Å². The van der Waals surface area contributed by atoms with Crippen molar-refractivity contribution in [3.63, 3.8) is 0 Å². The summed E-state index contributed by atoms with van der Waals surface area (Å²) in [7, 11) is 0. The van der Waals surface area contributed by atoms with E-state index in [-0.39, 0.29) is 0 Å². The summed E-state index contributed by atoms with van der Waals surface area (Å²) >= 11 is 0. The average molecular weight is 240 g/mol. The SMILES string of the molecule is CCCNC1CCOCC1CN(CC)C1CC1. The van der Waals surface area contributed by atoms with Crippen molar-refractivity contribution in [1.29, 1.82) is 0 Å². The topological polar surface area (TPSA) is 24.5 Å². The Labute approximate surface area is 106 Å². The van der Waals surface area contributed by atoms with Crippen LogP contribution < -0.4 is 5.32 Å². The summed E-state index contributed by atoms with van der Waals surface area (Å²) in [5.74, 6) is 0.691. The van der Waals surface area contributed by atoms with E-state index >= 15 is 0 Å². The molecule has 0 radical (unpaired) electrons. The highest BCUT2D eigenvalue weighted by Crippen LogP contribution is 2.28. The number of nitrogens with zero attached hydrogens (tertiary/aromatic N) is 1. The normalized spacial score (nSPS) is 29.8. The molecule has 1 saturated carbocycles. The van der Waals surface area contributed by atoms with Crippen molar-refractivity contribution in [2.45, 2.75) is 51.6 Å². The third-order valence-corrected chi connectivity index (χ3v) is 4.07. The molecule has 1 heterocycles. The maximum atomic E-state index is 5.67. The van der Waals surface area contributed by atoms with E-state index in [1.807, 2.05) is 0 Å². The van der Waals surface area contributed by atoms with Gasteiger partial charge in [-0.25, -0.2) is 0 Å². The van der Waals surface area contributed by atoms with Gasteiger partial charge in [-0.05, 0) is 38.8 Å². The minimum Gasteiger partial charge on any atom is -0.381 e. The Bertz CT molecular complexity index is 218. The number of hydrogen-bond donors (Lipinski definition) is 1. The highest BCUT2D eigenvalue weighted by atomic mass is 16.5. The molecule has 17 heavy (non-hydrogen) atoms. The van der Waals surface area contributed by atoms with Gasteiger partial charge in [0, 0.05) is 31.2 Å². The fourth-order valence-corrected chi connectivity index (χ4v) is 2.85. The average Bonchev–Trinajstić information content (AvgIpc) is 3.19. The fourth-order valence-electron chi connectivity index (χ4n) is 2.85. The van der Waals surface area contributed by atoms with Crippen molar-refractivity contribution in [2.75, 3.05) is 32.8 Å². The van der Waals surface area contributed by atoms with Gasteiger partial charge in [-0.15, -0.1) is 0 Å². The standard InChI is InChI=1S/C14H28N2O/c1-3-8-15-14-7-9-17-11-12(14)10-16(4-2)13-5-6-13/h12-15H,3-11H2,1-2H3. The largest absolute Gasteiger partial charge is 0.381 e. The lowest BCUT2D eigenvalue weighted by Crippen LogP contribution is -2.48. The molecule has 1 saturated heterocycles. The molecule has 0 amide bonds. The van der Waals surface area contributed by atoms with E-state index < -0.39 is 0 Å². The minimum atomic E-state index is 0.677. The van der Waals surface area contributed by atoms with E-state index in [0.717, 1.165) is 25.8 Å². The van der Waals surface area contributed by atoms with Crippen molar-refractivity contribution in [3.05, 3.63) is 0 Å². The van der Waals surface area contributed by atoms with Gasteiger partial charge in [-0.3, -0.25) is 0 Å². The molecule has 0 spiro atoms. The summed E-state index contributed by atoms with van der Waals surface area (Å²) in [6.07, 6.45) is 5.24. The second-order valence-electron chi connectivity index (χ2n) is 5.50. The fraction of sp³-hybridized carbons (Fsp3) is 1.00. The second-order valence-corrected chi connectivity index (χ2v) is 5.50. The molecule has 100 valence electrons. The Kier molecular flexibility index (Phi) is 5.26. The molecule has 2 unspecified atom stereocenters. The lowest BCUT2D eigenvalue weighted by Gasteiger charge is -2.35. The molecule has 0 aromatic rings. The molecule has 2 rings (SSSR count). The van der Waals surface area contributed by atoms with Crippen LogP contribution in [0.4, 0.5) is 0 Å². The third kappa shape index (κ3) is 3.94. The zero-order valence-corrected chi connectivity index (χ0v) is 11.5. The van der Waals surface area contributed by atoms with Gasteiger partial charge in [0.05, 0.1) is 6.61 Å². The smallest absolute Gasteiger partial charge is 0.0521 e. The van der Waals surface area contributed by atoms with Crippen LogP contribution >= 0.6 is 0 Å². The van der Waals surface area contributed by atoms with Crippen molar-refractivity contribution in [1.82, 2.24) is 10.2 Å². The lowest BCUT2D eigenvalue weighted by molar-refractivity contribution is 0.0161. The number of ether oxygens (including phenoxy) is 1. The maximum absolute atomic E-state index is 5.67. The molecule has 2 aliphatic rings. The Balaban J connectivity index is 1.81. The molecule has 1 aliphatic heterocycles. The first-order chi connectivity index (χ1) is 8.35. The first-order valence-corrected chi connectivity index (χ1v) is 7.40. The second kappa shape index (κ2) is 6.72. The predicted molar refractivity (Wildman–Crippen MR) is 71.3 cm³/mol. The van der Waals surface area contributed by atoms with E-state index in [9.17, 15) is 0 Å². The minimum absolute atomic E-state index is 0.677. The van der Waals surface area contributed by atoms with Gasteiger partial charge in [0.1, 0.15) is 0 Å². The Hall–Kier alpha value is -0.120. The van der Waals surface area contributed by atoms with Crippen molar-refractivity contribution in [3.8, 4) is 0 Å². The zero-order valence-electron chi connectivity index (χ0n) is 11.5. The number of nitrogens with one attached hydrogen (secondary N) is 1. The van der Waals surface area contributed by atoms with Gasteiger partial charge < -0.3 is 15.0 Å².